The van der Waals surface area contributed by atoms with Crippen LogP contribution in [0.5, 0.6) is 0 Å². The minimum Gasteiger partial charge on any atom is -0.382 e. The van der Waals surface area contributed by atoms with Crippen molar-refractivity contribution in [1.29, 1.82) is 0 Å². The van der Waals surface area contributed by atoms with Crippen LogP contribution in [0.1, 0.15) is 18.9 Å². The number of guanidine groups is 1. The minimum atomic E-state index is -0.0339. The van der Waals surface area contributed by atoms with E-state index in [0.29, 0.717) is 42.3 Å². The van der Waals surface area contributed by atoms with E-state index in [-0.39, 0.29) is 12.5 Å². The molecule has 0 heterocycles. The summed E-state index contributed by atoms with van der Waals surface area (Å²) >= 11 is 12.1. The van der Waals surface area contributed by atoms with E-state index in [4.69, 9.17) is 27.9 Å². The average molecular weight is 389 g/mol. The Hall–Kier alpha value is -1.50. The maximum absolute atomic E-state index is 11.8. The number of benzene rings is 1. The molecule has 6 nitrogen and oxygen atoms in total. The predicted molar refractivity (Wildman–Crippen MR) is 103 cm³/mol. The number of nitrogens with zero attached hydrogens (tertiary/aromatic N) is 2. The molecule has 0 saturated carbocycles. The molecule has 0 radical (unpaired) electrons. The highest BCUT2D eigenvalue weighted by molar-refractivity contribution is 6.35. The summed E-state index contributed by atoms with van der Waals surface area (Å²) < 4.78 is 5.31. The van der Waals surface area contributed by atoms with E-state index in [1.807, 2.05) is 13.0 Å². The van der Waals surface area contributed by atoms with E-state index >= 15 is 0 Å². The largest absolute Gasteiger partial charge is 0.382 e. The number of halogens is 2. The van der Waals surface area contributed by atoms with Crippen molar-refractivity contribution >= 4 is 35.1 Å². The maximum Gasteiger partial charge on any atom is 0.241 e. The molecule has 0 unspecified atom stereocenters. The van der Waals surface area contributed by atoms with Crippen molar-refractivity contribution in [3.63, 3.8) is 0 Å². The van der Waals surface area contributed by atoms with Crippen LogP contribution >= 0.6 is 23.2 Å². The van der Waals surface area contributed by atoms with Gasteiger partial charge in [0.05, 0.1) is 13.1 Å². The van der Waals surface area contributed by atoms with Crippen LogP contribution in [0.25, 0.3) is 0 Å². The first-order chi connectivity index (χ1) is 11.9. The molecule has 0 spiro atoms. The van der Waals surface area contributed by atoms with Gasteiger partial charge in [0, 0.05) is 43.9 Å². The third kappa shape index (κ3) is 8.95. The van der Waals surface area contributed by atoms with Gasteiger partial charge in [-0.05, 0) is 31.0 Å². The van der Waals surface area contributed by atoms with Crippen molar-refractivity contribution in [2.75, 3.05) is 40.4 Å². The van der Waals surface area contributed by atoms with Gasteiger partial charge < -0.3 is 20.3 Å². The lowest BCUT2D eigenvalue weighted by molar-refractivity contribution is -0.127. The zero-order valence-electron chi connectivity index (χ0n) is 14.9. The average Bonchev–Trinajstić information content (AvgIpc) is 2.57. The minimum absolute atomic E-state index is 0.0339. The molecule has 1 rings (SSSR count). The fourth-order valence-electron chi connectivity index (χ4n) is 1.83. The van der Waals surface area contributed by atoms with Gasteiger partial charge in [0.25, 0.3) is 0 Å². The second-order valence-corrected chi connectivity index (χ2v) is 6.36. The smallest absolute Gasteiger partial charge is 0.241 e. The summed E-state index contributed by atoms with van der Waals surface area (Å²) in [6, 6.07) is 5.30. The Labute approximate surface area is 159 Å². The van der Waals surface area contributed by atoms with Crippen LogP contribution in [-0.4, -0.2) is 57.2 Å². The van der Waals surface area contributed by atoms with Crippen molar-refractivity contribution in [2.45, 2.75) is 19.9 Å². The number of rotatable bonds is 9. The molecule has 8 heteroatoms. The number of likely N-dealkylation sites (N-methyl/N-ethyl adjacent to an activating group) is 1. The maximum atomic E-state index is 11.8. The highest BCUT2D eigenvalue weighted by Gasteiger charge is 2.07. The molecule has 0 saturated heterocycles. The third-order valence-corrected chi connectivity index (χ3v) is 3.88. The van der Waals surface area contributed by atoms with Crippen LogP contribution in [0.15, 0.2) is 23.2 Å². The molecule has 140 valence electrons. The Kier molecular flexibility index (Phi) is 10.3. The van der Waals surface area contributed by atoms with Gasteiger partial charge in [-0.3, -0.25) is 4.79 Å². The van der Waals surface area contributed by atoms with E-state index in [9.17, 15) is 4.79 Å². The normalized spacial score (nSPS) is 11.3. The Morgan fingerprint density at radius 3 is 2.68 bits per heavy atom. The van der Waals surface area contributed by atoms with Gasteiger partial charge in [-0.25, -0.2) is 4.99 Å². The first-order valence-electron chi connectivity index (χ1n) is 8.18. The predicted octanol–water partition coefficient (Wildman–Crippen LogP) is 2.54. The highest BCUT2D eigenvalue weighted by Crippen LogP contribution is 2.21. The number of carbonyl (C=O) groups excluding carboxylic acids is 1. The van der Waals surface area contributed by atoms with Crippen LogP contribution in [0.3, 0.4) is 0 Å². The zero-order chi connectivity index (χ0) is 18.7. The Bertz CT molecular complexity index is 580. The lowest BCUT2D eigenvalue weighted by atomic mass is 10.2. The first kappa shape index (κ1) is 21.5. The molecular weight excluding hydrogens is 363 g/mol. The van der Waals surface area contributed by atoms with Gasteiger partial charge in [0.2, 0.25) is 5.91 Å². The number of hydrogen-bond donors (Lipinski definition) is 2. The Balaban J connectivity index is 2.65. The van der Waals surface area contributed by atoms with Crippen LogP contribution in [0.4, 0.5) is 0 Å². The standard InChI is InChI=1S/C17H26Cl2N4O2/c1-4-25-9-5-8-20-17(22-12-16(24)23(2)3)21-11-13-6-7-14(18)10-15(13)19/h6-7,10H,4-5,8-9,11-12H2,1-3H3,(H2,20,21,22). The van der Waals surface area contributed by atoms with E-state index in [1.54, 1.807) is 26.2 Å². The summed E-state index contributed by atoms with van der Waals surface area (Å²) in [4.78, 5) is 17.8. The van der Waals surface area contributed by atoms with Crippen LogP contribution < -0.4 is 10.6 Å². The van der Waals surface area contributed by atoms with Gasteiger partial charge in [0.1, 0.15) is 0 Å². The molecule has 25 heavy (non-hydrogen) atoms. The van der Waals surface area contributed by atoms with Crippen LogP contribution in [0, 0.1) is 0 Å². The van der Waals surface area contributed by atoms with E-state index in [2.05, 4.69) is 15.6 Å². The molecule has 1 aromatic rings. The first-order valence-corrected chi connectivity index (χ1v) is 8.93. The molecule has 0 atom stereocenters. The molecular formula is C17H26Cl2N4O2. The van der Waals surface area contributed by atoms with Gasteiger partial charge in [0.15, 0.2) is 5.96 Å². The zero-order valence-corrected chi connectivity index (χ0v) is 16.5. The molecule has 0 aromatic heterocycles. The van der Waals surface area contributed by atoms with Gasteiger partial charge in [-0.2, -0.15) is 0 Å². The van der Waals surface area contributed by atoms with Gasteiger partial charge in [-0.1, -0.05) is 29.3 Å². The number of ether oxygens (including phenoxy) is 1. The highest BCUT2D eigenvalue weighted by atomic mass is 35.5. The Morgan fingerprint density at radius 2 is 2.04 bits per heavy atom. The fraction of sp³-hybridized carbons (Fsp3) is 0.529. The summed E-state index contributed by atoms with van der Waals surface area (Å²) in [7, 11) is 3.42. The fourth-order valence-corrected chi connectivity index (χ4v) is 2.30. The number of amides is 1. The van der Waals surface area contributed by atoms with Gasteiger partial charge >= 0.3 is 0 Å². The van der Waals surface area contributed by atoms with Crippen LogP contribution in [-0.2, 0) is 16.1 Å². The molecule has 0 aliphatic rings. The van der Waals surface area contributed by atoms with Crippen molar-refractivity contribution < 1.29 is 9.53 Å². The van der Waals surface area contributed by atoms with E-state index < -0.39 is 0 Å². The second kappa shape index (κ2) is 12.0. The van der Waals surface area contributed by atoms with Crippen molar-refractivity contribution in [3.05, 3.63) is 33.8 Å². The number of hydrogen-bond acceptors (Lipinski definition) is 3. The Morgan fingerprint density at radius 1 is 1.28 bits per heavy atom. The number of carbonyl (C=O) groups is 1. The molecule has 2 N–H and O–H groups in total. The molecule has 0 bridgehead atoms. The molecule has 0 aliphatic heterocycles. The lowest BCUT2D eigenvalue weighted by Gasteiger charge is -2.15. The summed E-state index contributed by atoms with van der Waals surface area (Å²) in [5.74, 6) is 0.519. The van der Waals surface area contributed by atoms with Crippen LogP contribution in [0.2, 0.25) is 10.0 Å². The third-order valence-electron chi connectivity index (χ3n) is 3.29. The number of aliphatic imine (C=N–C) groups is 1. The lowest BCUT2D eigenvalue weighted by Crippen LogP contribution is -2.43. The monoisotopic (exact) mass is 388 g/mol. The molecule has 0 aliphatic carbocycles. The van der Waals surface area contributed by atoms with E-state index in [0.717, 1.165) is 12.0 Å². The summed E-state index contributed by atoms with van der Waals surface area (Å²) in [5, 5.41) is 7.37. The van der Waals surface area contributed by atoms with Crippen molar-refractivity contribution in [1.82, 2.24) is 15.5 Å². The SMILES string of the molecule is CCOCCCNC(=NCc1ccc(Cl)cc1Cl)NCC(=O)N(C)C. The molecule has 0 fully saturated rings. The number of nitrogens with one attached hydrogen (secondary N) is 2. The summed E-state index contributed by atoms with van der Waals surface area (Å²) in [6.07, 6.45) is 0.845. The van der Waals surface area contributed by atoms with E-state index in [1.165, 1.54) is 4.90 Å². The molecule has 1 amide bonds. The quantitative estimate of drug-likeness (QED) is 0.387. The second-order valence-electron chi connectivity index (χ2n) is 5.52. The van der Waals surface area contributed by atoms with Crippen molar-refractivity contribution in [3.8, 4) is 0 Å². The summed E-state index contributed by atoms with van der Waals surface area (Å²) in [6.45, 7) is 4.58. The van der Waals surface area contributed by atoms with Gasteiger partial charge in [-0.15, -0.1) is 0 Å². The topological polar surface area (TPSA) is 66.0 Å². The van der Waals surface area contributed by atoms with Crippen molar-refractivity contribution in [2.24, 2.45) is 4.99 Å². The summed E-state index contributed by atoms with van der Waals surface area (Å²) in [5.41, 5.74) is 0.861. The molecule has 1 aromatic carbocycles.